The third-order valence-corrected chi connectivity index (χ3v) is 3.90. The Morgan fingerprint density at radius 3 is 3.00 bits per heavy atom. The molecule has 0 aliphatic carbocycles. The van der Waals surface area contributed by atoms with E-state index in [1.54, 1.807) is 18.2 Å². The standard InChI is InChI=1S/C15H24BNO3/c1-2-4-13-7-8-17(12-13)9-10-20-15-6-3-5-14(11-15)16(18)19/h3,5-6,11,13,18-19H,2,4,7-10,12H2,1H3. The molecule has 0 spiro atoms. The van der Waals surface area contributed by atoms with E-state index >= 15 is 0 Å². The fourth-order valence-corrected chi connectivity index (χ4v) is 2.82. The van der Waals surface area contributed by atoms with Crippen molar-refractivity contribution in [3.05, 3.63) is 24.3 Å². The zero-order chi connectivity index (χ0) is 14.4. The topological polar surface area (TPSA) is 52.9 Å². The molecule has 0 radical (unpaired) electrons. The highest BCUT2D eigenvalue weighted by Gasteiger charge is 2.21. The van der Waals surface area contributed by atoms with Gasteiger partial charge in [0.25, 0.3) is 0 Å². The SMILES string of the molecule is CCCC1CCN(CCOc2cccc(B(O)O)c2)C1. The molecule has 1 aromatic carbocycles. The van der Waals surface area contributed by atoms with Crippen molar-refractivity contribution in [1.82, 2.24) is 4.90 Å². The van der Waals surface area contributed by atoms with Crippen LogP contribution in [-0.4, -0.2) is 48.3 Å². The molecule has 1 fully saturated rings. The van der Waals surface area contributed by atoms with E-state index in [0.29, 0.717) is 17.8 Å². The summed E-state index contributed by atoms with van der Waals surface area (Å²) in [7, 11) is -1.44. The predicted octanol–water partition coefficient (Wildman–Crippen LogP) is 0.867. The summed E-state index contributed by atoms with van der Waals surface area (Å²) in [6.45, 7) is 6.18. The summed E-state index contributed by atoms with van der Waals surface area (Å²) in [5, 5.41) is 18.2. The molecule has 0 aromatic heterocycles. The van der Waals surface area contributed by atoms with Gasteiger partial charge in [-0.2, -0.15) is 0 Å². The van der Waals surface area contributed by atoms with Gasteiger partial charge in [0, 0.05) is 13.1 Å². The van der Waals surface area contributed by atoms with Gasteiger partial charge in [-0.15, -0.1) is 0 Å². The highest BCUT2D eigenvalue weighted by atomic mass is 16.5. The van der Waals surface area contributed by atoms with E-state index in [4.69, 9.17) is 14.8 Å². The van der Waals surface area contributed by atoms with Crippen molar-refractivity contribution in [1.29, 1.82) is 0 Å². The maximum absolute atomic E-state index is 9.12. The fourth-order valence-electron chi connectivity index (χ4n) is 2.82. The molecule has 5 heteroatoms. The third-order valence-electron chi connectivity index (χ3n) is 3.90. The Bertz CT molecular complexity index is 414. The Morgan fingerprint density at radius 2 is 2.25 bits per heavy atom. The number of rotatable bonds is 7. The van der Waals surface area contributed by atoms with Crippen LogP contribution in [0.3, 0.4) is 0 Å². The maximum Gasteiger partial charge on any atom is 0.488 e. The molecule has 1 aliphatic heterocycles. The molecular formula is C15H24BNO3. The molecule has 0 saturated carbocycles. The van der Waals surface area contributed by atoms with Crippen molar-refractivity contribution in [3.8, 4) is 5.75 Å². The van der Waals surface area contributed by atoms with Crippen LogP contribution < -0.4 is 10.2 Å². The Labute approximate surface area is 121 Å². The zero-order valence-electron chi connectivity index (χ0n) is 12.2. The second-order valence-electron chi connectivity index (χ2n) is 5.54. The Kier molecular flexibility index (Phi) is 5.89. The van der Waals surface area contributed by atoms with Crippen LogP contribution in [0.1, 0.15) is 26.2 Å². The first-order valence-corrected chi connectivity index (χ1v) is 7.50. The highest BCUT2D eigenvalue weighted by Crippen LogP contribution is 2.20. The summed E-state index contributed by atoms with van der Waals surface area (Å²) in [6, 6.07) is 6.97. The van der Waals surface area contributed by atoms with Crippen molar-refractivity contribution < 1.29 is 14.8 Å². The molecule has 20 heavy (non-hydrogen) atoms. The van der Waals surface area contributed by atoms with E-state index in [1.807, 2.05) is 6.07 Å². The zero-order valence-corrected chi connectivity index (χ0v) is 12.2. The minimum absolute atomic E-state index is 0.465. The highest BCUT2D eigenvalue weighted by molar-refractivity contribution is 6.58. The maximum atomic E-state index is 9.12. The van der Waals surface area contributed by atoms with Gasteiger partial charge in [0.1, 0.15) is 12.4 Å². The van der Waals surface area contributed by atoms with E-state index in [-0.39, 0.29) is 0 Å². The van der Waals surface area contributed by atoms with Crippen molar-refractivity contribution in [3.63, 3.8) is 0 Å². The van der Waals surface area contributed by atoms with Gasteiger partial charge in [0.2, 0.25) is 0 Å². The van der Waals surface area contributed by atoms with Crippen molar-refractivity contribution in [2.24, 2.45) is 5.92 Å². The molecule has 4 nitrogen and oxygen atoms in total. The summed E-state index contributed by atoms with van der Waals surface area (Å²) in [5.74, 6) is 1.55. The second kappa shape index (κ2) is 7.67. The van der Waals surface area contributed by atoms with Crippen LogP contribution in [0.2, 0.25) is 0 Å². The molecule has 110 valence electrons. The Morgan fingerprint density at radius 1 is 1.40 bits per heavy atom. The molecule has 1 saturated heterocycles. The van der Waals surface area contributed by atoms with E-state index in [1.165, 1.54) is 32.4 Å². The van der Waals surface area contributed by atoms with Gasteiger partial charge in [0.15, 0.2) is 0 Å². The fraction of sp³-hybridized carbons (Fsp3) is 0.600. The summed E-state index contributed by atoms with van der Waals surface area (Å²) < 4.78 is 5.69. The number of benzene rings is 1. The van der Waals surface area contributed by atoms with E-state index in [0.717, 1.165) is 12.5 Å². The Hall–Kier alpha value is -1.04. The first-order valence-electron chi connectivity index (χ1n) is 7.50. The third kappa shape index (κ3) is 4.51. The van der Waals surface area contributed by atoms with Crippen molar-refractivity contribution >= 4 is 12.6 Å². The molecule has 1 aliphatic rings. The molecule has 0 amide bonds. The van der Waals surface area contributed by atoms with Gasteiger partial charge in [-0.25, -0.2) is 0 Å². The van der Waals surface area contributed by atoms with Gasteiger partial charge in [-0.05, 0) is 42.9 Å². The normalized spacial score (nSPS) is 19.2. The van der Waals surface area contributed by atoms with E-state index in [9.17, 15) is 0 Å². The van der Waals surface area contributed by atoms with Crippen LogP contribution in [-0.2, 0) is 0 Å². The summed E-state index contributed by atoms with van der Waals surface area (Å²) in [5.41, 5.74) is 0.465. The lowest BCUT2D eigenvalue weighted by atomic mass is 9.80. The van der Waals surface area contributed by atoms with Crippen molar-refractivity contribution in [2.45, 2.75) is 26.2 Å². The monoisotopic (exact) mass is 277 g/mol. The van der Waals surface area contributed by atoms with Crippen LogP contribution in [0.4, 0.5) is 0 Å². The van der Waals surface area contributed by atoms with E-state index in [2.05, 4.69) is 11.8 Å². The lowest BCUT2D eigenvalue weighted by Gasteiger charge is -2.16. The molecule has 0 bridgehead atoms. The number of hydrogen-bond donors (Lipinski definition) is 2. The smallest absolute Gasteiger partial charge is 0.488 e. The predicted molar refractivity (Wildman–Crippen MR) is 81.2 cm³/mol. The van der Waals surface area contributed by atoms with Gasteiger partial charge in [0.05, 0.1) is 0 Å². The summed E-state index contributed by atoms with van der Waals surface area (Å²) in [4.78, 5) is 2.45. The largest absolute Gasteiger partial charge is 0.492 e. The van der Waals surface area contributed by atoms with Gasteiger partial charge < -0.3 is 14.8 Å². The molecule has 1 heterocycles. The summed E-state index contributed by atoms with van der Waals surface area (Å²) >= 11 is 0. The minimum Gasteiger partial charge on any atom is -0.492 e. The molecule has 1 aromatic rings. The number of likely N-dealkylation sites (tertiary alicyclic amines) is 1. The van der Waals surface area contributed by atoms with Crippen LogP contribution >= 0.6 is 0 Å². The molecule has 2 rings (SSSR count). The first kappa shape index (κ1) is 15.4. The first-order chi connectivity index (χ1) is 9.69. The average Bonchev–Trinajstić information content (AvgIpc) is 2.87. The second-order valence-corrected chi connectivity index (χ2v) is 5.54. The average molecular weight is 277 g/mol. The van der Waals surface area contributed by atoms with Crippen LogP contribution in [0.25, 0.3) is 0 Å². The van der Waals surface area contributed by atoms with E-state index < -0.39 is 7.12 Å². The molecule has 1 atom stereocenters. The number of hydrogen-bond acceptors (Lipinski definition) is 4. The lowest BCUT2D eigenvalue weighted by Crippen LogP contribution is -2.30. The molecular weight excluding hydrogens is 253 g/mol. The van der Waals surface area contributed by atoms with Crippen LogP contribution in [0.5, 0.6) is 5.75 Å². The van der Waals surface area contributed by atoms with Gasteiger partial charge in [-0.1, -0.05) is 25.5 Å². The van der Waals surface area contributed by atoms with Crippen LogP contribution in [0, 0.1) is 5.92 Å². The van der Waals surface area contributed by atoms with Gasteiger partial charge >= 0.3 is 7.12 Å². The summed E-state index contributed by atoms with van der Waals surface area (Å²) in [6.07, 6.45) is 3.90. The molecule has 2 N–H and O–H groups in total. The molecule has 1 unspecified atom stereocenters. The quantitative estimate of drug-likeness (QED) is 0.726. The minimum atomic E-state index is -1.44. The van der Waals surface area contributed by atoms with Crippen molar-refractivity contribution in [2.75, 3.05) is 26.2 Å². The lowest BCUT2D eigenvalue weighted by molar-refractivity contribution is 0.232. The van der Waals surface area contributed by atoms with Gasteiger partial charge in [-0.3, -0.25) is 4.90 Å². The number of ether oxygens (including phenoxy) is 1. The Balaban J connectivity index is 1.72. The van der Waals surface area contributed by atoms with Crippen LogP contribution in [0.15, 0.2) is 24.3 Å². The number of nitrogens with zero attached hydrogens (tertiary/aromatic N) is 1.